The van der Waals surface area contributed by atoms with Gasteiger partial charge < -0.3 is 4.90 Å². The third kappa shape index (κ3) is 4.71. The topological polar surface area (TPSA) is 32.3 Å². The van der Waals surface area contributed by atoms with Crippen molar-refractivity contribution in [3.05, 3.63) is 193 Å². The highest BCUT2D eigenvalue weighted by molar-refractivity contribution is 6.28. The van der Waals surface area contributed by atoms with E-state index >= 15 is 0 Å². The molecule has 1 aliphatic carbocycles. The van der Waals surface area contributed by atoms with Crippen LogP contribution in [-0.4, -0.2) is 9.97 Å². The van der Waals surface area contributed by atoms with E-state index in [2.05, 4.69) is 175 Å². The van der Waals surface area contributed by atoms with E-state index in [0.717, 1.165) is 45.0 Å². The molecule has 0 spiro atoms. The zero-order valence-corrected chi connectivity index (χ0v) is 30.6. The molecule has 0 unspecified atom stereocenters. The number of nitrogens with zero attached hydrogens (tertiary/aromatic N) is 4. The minimum absolute atomic E-state index is 0.108. The zero-order chi connectivity index (χ0) is 36.7. The van der Waals surface area contributed by atoms with E-state index in [1.54, 1.807) is 0 Å². The van der Waals surface area contributed by atoms with E-state index in [4.69, 9.17) is 9.97 Å². The van der Waals surface area contributed by atoms with Gasteiger partial charge in [-0.05, 0) is 92.8 Å². The number of hydrogen-bond acceptors (Lipinski definition) is 4. The largest absolute Gasteiger partial charge is 0.309 e. The summed E-state index contributed by atoms with van der Waals surface area (Å²) in [5, 5.41) is 7.27. The fourth-order valence-corrected chi connectivity index (χ4v) is 9.09. The minimum Gasteiger partial charge on any atom is -0.309 e. The van der Waals surface area contributed by atoms with Crippen LogP contribution in [0.1, 0.15) is 25.0 Å². The second-order valence-corrected chi connectivity index (χ2v) is 15.0. The fraction of sp³-hybridized carbons (Fsp3) is 0.0588. The lowest BCUT2D eigenvalue weighted by atomic mass is 9.82. The Labute approximate surface area is 319 Å². The predicted octanol–water partition coefficient (Wildman–Crippen LogP) is 13.8. The summed E-state index contributed by atoms with van der Waals surface area (Å²) in [6.07, 6.45) is 1.89. The number of rotatable bonds is 6. The number of hydrogen-bond donors (Lipinski definition) is 0. The molecule has 1 aromatic heterocycles. The van der Waals surface area contributed by atoms with Gasteiger partial charge in [-0.2, -0.15) is 0 Å². The van der Waals surface area contributed by atoms with E-state index in [1.165, 1.54) is 54.9 Å². The highest BCUT2D eigenvalue weighted by Gasteiger charge is 2.38. The third-order valence-corrected chi connectivity index (χ3v) is 11.6. The Morgan fingerprint density at radius 2 is 0.982 bits per heavy atom. The van der Waals surface area contributed by atoms with Crippen LogP contribution >= 0.6 is 0 Å². The molecular formula is C51H36N4. The molecule has 11 rings (SSSR count). The van der Waals surface area contributed by atoms with Crippen LogP contribution in [0.5, 0.6) is 0 Å². The van der Waals surface area contributed by atoms with Gasteiger partial charge in [0.05, 0.1) is 34.3 Å². The van der Waals surface area contributed by atoms with Crippen molar-refractivity contribution < 1.29 is 0 Å². The summed E-state index contributed by atoms with van der Waals surface area (Å²) in [5.41, 5.74) is 12.5. The second kappa shape index (κ2) is 12.0. The van der Waals surface area contributed by atoms with Crippen molar-refractivity contribution in [1.29, 1.82) is 0 Å². The van der Waals surface area contributed by atoms with Gasteiger partial charge in [0.25, 0.3) is 0 Å². The van der Waals surface area contributed by atoms with E-state index in [1.807, 2.05) is 30.5 Å². The lowest BCUT2D eigenvalue weighted by Crippen LogP contribution is -2.16. The van der Waals surface area contributed by atoms with Crippen LogP contribution < -0.4 is 9.80 Å². The number of aromatic nitrogens is 2. The van der Waals surface area contributed by atoms with Crippen LogP contribution in [0.3, 0.4) is 0 Å². The van der Waals surface area contributed by atoms with Gasteiger partial charge in [0.15, 0.2) is 5.82 Å². The smallest absolute Gasteiger partial charge is 0.156 e. The quantitative estimate of drug-likeness (QED) is 0.161. The van der Waals surface area contributed by atoms with E-state index in [0.29, 0.717) is 0 Å². The molecule has 0 radical (unpaired) electrons. The Hall–Kier alpha value is -7.04. The van der Waals surface area contributed by atoms with Crippen LogP contribution in [0.25, 0.3) is 54.5 Å². The predicted molar refractivity (Wildman–Crippen MR) is 230 cm³/mol. The van der Waals surface area contributed by atoms with Gasteiger partial charge in [0.1, 0.15) is 0 Å². The van der Waals surface area contributed by atoms with Crippen molar-refractivity contribution in [2.24, 2.45) is 0 Å². The molecule has 10 aromatic rings. The Morgan fingerprint density at radius 1 is 0.436 bits per heavy atom. The summed E-state index contributed by atoms with van der Waals surface area (Å²) in [4.78, 5) is 14.7. The second-order valence-electron chi connectivity index (χ2n) is 15.0. The zero-order valence-electron chi connectivity index (χ0n) is 30.6. The first kappa shape index (κ1) is 31.5. The summed E-state index contributed by atoms with van der Waals surface area (Å²) in [6.45, 7) is 4.70. The Morgan fingerprint density at radius 3 is 1.67 bits per heavy atom. The van der Waals surface area contributed by atoms with Crippen LogP contribution in [-0.2, 0) is 5.41 Å². The van der Waals surface area contributed by atoms with Crippen molar-refractivity contribution >= 4 is 77.6 Å². The fourth-order valence-electron chi connectivity index (χ4n) is 9.09. The van der Waals surface area contributed by atoms with Gasteiger partial charge in [-0.15, -0.1) is 0 Å². The maximum atomic E-state index is 5.15. The van der Waals surface area contributed by atoms with Crippen molar-refractivity contribution in [2.75, 3.05) is 9.80 Å². The van der Waals surface area contributed by atoms with Gasteiger partial charge >= 0.3 is 0 Å². The molecule has 0 atom stereocenters. The molecule has 4 heteroatoms. The first-order valence-electron chi connectivity index (χ1n) is 18.9. The standard InChI is InChI=1S/C51H36N4/c1-51(2)40-19-10-9-18-37(40)50-41(51)20-13-23-46(50)54(35-14-5-3-6-15-35)44-30-26-33-25-29-39-45(31-27-34-24-28-38(44)48(33)49(34)39)55(36-16-7-4-8-17-36)47-32-52-42-21-11-12-22-43(42)53-47/h3-32H,1-2H3. The molecule has 0 N–H and O–H groups in total. The molecule has 1 aliphatic rings. The highest BCUT2D eigenvalue weighted by Crippen LogP contribution is 2.55. The first-order valence-corrected chi connectivity index (χ1v) is 18.9. The van der Waals surface area contributed by atoms with Gasteiger partial charge in [-0.3, -0.25) is 9.88 Å². The molecule has 0 fully saturated rings. The van der Waals surface area contributed by atoms with Gasteiger partial charge in [0, 0.05) is 33.1 Å². The normalized spacial score (nSPS) is 13.1. The van der Waals surface area contributed by atoms with E-state index in [-0.39, 0.29) is 5.41 Å². The number of anilines is 6. The summed E-state index contributed by atoms with van der Waals surface area (Å²) < 4.78 is 0. The van der Waals surface area contributed by atoms with Crippen LogP contribution in [0, 0.1) is 0 Å². The molecule has 260 valence electrons. The highest BCUT2D eigenvalue weighted by atomic mass is 15.2. The lowest BCUT2D eigenvalue weighted by molar-refractivity contribution is 0.660. The molecule has 0 saturated heterocycles. The SMILES string of the molecule is CC1(C)c2ccccc2-c2c(N(c3ccccc3)c3ccc4ccc5c(N(c6ccccc6)c6cnc7ccccc7n6)ccc6ccc3c4c65)cccc21. The van der Waals surface area contributed by atoms with Crippen LogP contribution in [0.2, 0.25) is 0 Å². The summed E-state index contributed by atoms with van der Waals surface area (Å²) in [7, 11) is 0. The average molecular weight is 705 g/mol. The Kier molecular flexibility index (Phi) is 6.86. The maximum Gasteiger partial charge on any atom is 0.156 e. The average Bonchev–Trinajstić information content (AvgIpc) is 3.48. The molecule has 0 saturated carbocycles. The van der Waals surface area contributed by atoms with Gasteiger partial charge in [-0.25, -0.2) is 4.98 Å². The summed E-state index contributed by atoms with van der Waals surface area (Å²) in [6, 6.07) is 63.4. The molecule has 0 amide bonds. The lowest BCUT2D eigenvalue weighted by Gasteiger charge is -2.30. The molecule has 1 heterocycles. The molecular weight excluding hydrogens is 669 g/mol. The molecule has 9 aromatic carbocycles. The first-order chi connectivity index (χ1) is 27.1. The number of benzene rings is 9. The molecule has 0 aliphatic heterocycles. The molecule has 0 bridgehead atoms. The monoisotopic (exact) mass is 704 g/mol. The maximum absolute atomic E-state index is 5.15. The van der Waals surface area contributed by atoms with Crippen molar-refractivity contribution in [3.63, 3.8) is 0 Å². The van der Waals surface area contributed by atoms with E-state index in [9.17, 15) is 0 Å². The van der Waals surface area contributed by atoms with Crippen molar-refractivity contribution in [1.82, 2.24) is 9.97 Å². The minimum atomic E-state index is -0.108. The molecule has 55 heavy (non-hydrogen) atoms. The van der Waals surface area contributed by atoms with Crippen LogP contribution in [0.15, 0.2) is 182 Å². The Balaban J connectivity index is 1.18. The number of fused-ring (bicyclic) bond motifs is 4. The summed E-state index contributed by atoms with van der Waals surface area (Å²) >= 11 is 0. The molecule has 4 nitrogen and oxygen atoms in total. The van der Waals surface area contributed by atoms with Gasteiger partial charge in [-0.1, -0.05) is 135 Å². The van der Waals surface area contributed by atoms with Crippen LogP contribution in [0.4, 0.5) is 34.3 Å². The number of para-hydroxylation sites is 4. The van der Waals surface area contributed by atoms with Crippen molar-refractivity contribution in [3.8, 4) is 11.1 Å². The summed E-state index contributed by atoms with van der Waals surface area (Å²) in [5.74, 6) is 0.775. The van der Waals surface area contributed by atoms with Gasteiger partial charge in [0.2, 0.25) is 0 Å². The third-order valence-electron chi connectivity index (χ3n) is 11.6. The van der Waals surface area contributed by atoms with E-state index < -0.39 is 0 Å². The van der Waals surface area contributed by atoms with Crippen molar-refractivity contribution in [2.45, 2.75) is 19.3 Å². The Bertz CT molecular complexity index is 3080.